The first-order chi connectivity index (χ1) is 11.1. The smallest absolute Gasteiger partial charge is 0.224 e. The second-order valence-electron chi connectivity index (χ2n) is 5.92. The molecule has 3 aromatic rings. The largest absolute Gasteiger partial charge is 0.508 e. The van der Waals surface area contributed by atoms with Crippen LogP contribution in [0.1, 0.15) is 0 Å². The van der Waals surface area contributed by atoms with Gasteiger partial charge in [0.2, 0.25) is 5.95 Å². The summed E-state index contributed by atoms with van der Waals surface area (Å²) in [6, 6.07) is 10.2. The quantitative estimate of drug-likeness (QED) is 0.650. The first kappa shape index (κ1) is 14.0. The van der Waals surface area contributed by atoms with Gasteiger partial charge in [-0.25, -0.2) is 4.98 Å². The topological polar surface area (TPSA) is 72.4 Å². The summed E-state index contributed by atoms with van der Waals surface area (Å²) >= 11 is 0. The Bertz CT molecular complexity index is 871. The van der Waals surface area contributed by atoms with Gasteiger partial charge in [-0.2, -0.15) is 4.39 Å². The standard InChI is InChI=1S/C17H16FN3O2/c18-17-13(2-4-16(20-17)21-7-10(8-21)9-22)15-6-11-5-12(23)1-3-14(11)19-15/h1-6,10,19,22-23H,7-9H2. The van der Waals surface area contributed by atoms with Gasteiger partial charge in [0.25, 0.3) is 0 Å². The van der Waals surface area contributed by atoms with Crippen LogP contribution in [0, 0.1) is 11.9 Å². The Kier molecular flexibility index (Phi) is 3.20. The second-order valence-corrected chi connectivity index (χ2v) is 5.92. The fraction of sp³-hybridized carbons (Fsp3) is 0.235. The summed E-state index contributed by atoms with van der Waals surface area (Å²) in [7, 11) is 0. The molecule has 118 valence electrons. The fourth-order valence-electron chi connectivity index (χ4n) is 2.94. The van der Waals surface area contributed by atoms with E-state index in [0.29, 0.717) is 30.2 Å². The molecular formula is C17H16FN3O2. The lowest BCUT2D eigenvalue weighted by Gasteiger charge is -2.39. The van der Waals surface area contributed by atoms with Crippen molar-refractivity contribution in [3.05, 3.63) is 42.3 Å². The Balaban J connectivity index is 1.65. The Hall–Kier alpha value is -2.60. The molecule has 5 nitrogen and oxygen atoms in total. The van der Waals surface area contributed by atoms with Gasteiger partial charge in [0.05, 0.1) is 11.3 Å². The highest BCUT2D eigenvalue weighted by Crippen LogP contribution is 2.30. The Morgan fingerprint density at radius 1 is 1.22 bits per heavy atom. The van der Waals surface area contributed by atoms with Gasteiger partial charge in [-0.15, -0.1) is 0 Å². The van der Waals surface area contributed by atoms with Gasteiger partial charge >= 0.3 is 0 Å². The van der Waals surface area contributed by atoms with Crippen LogP contribution in [0.2, 0.25) is 0 Å². The van der Waals surface area contributed by atoms with E-state index in [1.165, 1.54) is 0 Å². The molecule has 0 bridgehead atoms. The third-order valence-electron chi connectivity index (χ3n) is 4.27. The molecule has 23 heavy (non-hydrogen) atoms. The minimum atomic E-state index is -0.536. The van der Waals surface area contributed by atoms with Crippen molar-refractivity contribution < 1.29 is 14.6 Å². The van der Waals surface area contributed by atoms with E-state index in [1.807, 2.05) is 4.90 Å². The second kappa shape index (κ2) is 5.24. The lowest BCUT2D eigenvalue weighted by atomic mass is 10.0. The zero-order valence-corrected chi connectivity index (χ0v) is 12.3. The number of phenolic OH excluding ortho intramolecular Hbond substituents is 1. The number of aliphatic hydroxyl groups is 1. The number of pyridine rings is 1. The van der Waals surface area contributed by atoms with Crippen LogP contribution in [0.4, 0.5) is 10.2 Å². The van der Waals surface area contributed by atoms with Gasteiger partial charge in [-0.3, -0.25) is 0 Å². The number of H-pyrrole nitrogens is 1. The summed E-state index contributed by atoms with van der Waals surface area (Å²) in [5.74, 6) is 0.476. The van der Waals surface area contributed by atoms with Crippen molar-refractivity contribution in [1.82, 2.24) is 9.97 Å². The molecule has 0 atom stereocenters. The maximum atomic E-state index is 14.4. The van der Waals surface area contributed by atoms with Crippen molar-refractivity contribution in [2.45, 2.75) is 0 Å². The van der Waals surface area contributed by atoms with Crippen LogP contribution < -0.4 is 4.90 Å². The van der Waals surface area contributed by atoms with Gasteiger partial charge < -0.3 is 20.1 Å². The number of halogens is 1. The Morgan fingerprint density at radius 2 is 2.04 bits per heavy atom. The summed E-state index contributed by atoms with van der Waals surface area (Å²) in [6.07, 6.45) is 0. The van der Waals surface area contributed by atoms with Crippen LogP contribution in [0.3, 0.4) is 0 Å². The summed E-state index contributed by atoms with van der Waals surface area (Å²) < 4.78 is 14.4. The summed E-state index contributed by atoms with van der Waals surface area (Å²) in [6.45, 7) is 1.56. The monoisotopic (exact) mass is 313 g/mol. The number of benzene rings is 1. The Morgan fingerprint density at radius 3 is 2.78 bits per heavy atom. The molecule has 0 unspecified atom stereocenters. The average Bonchev–Trinajstić information content (AvgIpc) is 2.89. The van der Waals surface area contributed by atoms with E-state index >= 15 is 0 Å². The molecule has 0 aliphatic carbocycles. The van der Waals surface area contributed by atoms with Crippen molar-refractivity contribution in [1.29, 1.82) is 0 Å². The number of phenols is 1. The van der Waals surface area contributed by atoms with Crippen molar-refractivity contribution in [2.24, 2.45) is 5.92 Å². The van der Waals surface area contributed by atoms with Crippen LogP contribution in [-0.4, -0.2) is 39.9 Å². The molecule has 6 heteroatoms. The molecule has 3 heterocycles. The maximum absolute atomic E-state index is 14.4. The molecule has 0 radical (unpaired) electrons. The minimum Gasteiger partial charge on any atom is -0.508 e. The number of anilines is 1. The third-order valence-corrected chi connectivity index (χ3v) is 4.27. The molecule has 0 saturated carbocycles. The summed E-state index contributed by atoms with van der Waals surface area (Å²) in [5, 5.41) is 19.4. The number of aromatic amines is 1. The number of nitrogens with one attached hydrogen (secondary N) is 1. The highest BCUT2D eigenvalue weighted by atomic mass is 19.1. The Labute approximate surface area is 132 Å². The summed E-state index contributed by atoms with van der Waals surface area (Å²) in [5.41, 5.74) is 1.84. The molecular weight excluding hydrogens is 297 g/mol. The molecule has 3 N–H and O–H groups in total. The molecule has 0 spiro atoms. The van der Waals surface area contributed by atoms with E-state index in [2.05, 4.69) is 9.97 Å². The number of fused-ring (bicyclic) bond motifs is 1. The lowest BCUT2D eigenvalue weighted by Crippen LogP contribution is -2.48. The average molecular weight is 313 g/mol. The van der Waals surface area contributed by atoms with Crippen LogP contribution >= 0.6 is 0 Å². The SMILES string of the molecule is OCC1CN(c2ccc(-c3cc4cc(O)ccc4[nH]3)c(F)n2)C1. The summed E-state index contributed by atoms with van der Waals surface area (Å²) in [4.78, 5) is 9.11. The number of rotatable bonds is 3. The molecule has 1 aliphatic rings. The van der Waals surface area contributed by atoms with Crippen molar-refractivity contribution in [3.63, 3.8) is 0 Å². The predicted molar refractivity (Wildman–Crippen MR) is 85.9 cm³/mol. The van der Waals surface area contributed by atoms with Gasteiger partial charge in [0, 0.05) is 36.5 Å². The van der Waals surface area contributed by atoms with Crippen molar-refractivity contribution in [3.8, 4) is 17.0 Å². The van der Waals surface area contributed by atoms with E-state index < -0.39 is 5.95 Å². The van der Waals surface area contributed by atoms with Crippen molar-refractivity contribution >= 4 is 16.7 Å². The van der Waals surface area contributed by atoms with Gasteiger partial charge in [0.1, 0.15) is 11.6 Å². The molecule has 1 aliphatic heterocycles. The normalized spacial score (nSPS) is 15.1. The number of hydrogen-bond acceptors (Lipinski definition) is 4. The number of aromatic hydroxyl groups is 1. The molecule has 4 rings (SSSR count). The van der Waals surface area contributed by atoms with E-state index in [-0.39, 0.29) is 18.3 Å². The van der Waals surface area contributed by atoms with Crippen LogP contribution in [-0.2, 0) is 0 Å². The number of aromatic nitrogens is 2. The number of hydrogen-bond donors (Lipinski definition) is 3. The van der Waals surface area contributed by atoms with Crippen LogP contribution in [0.5, 0.6) is 5.75 Å². The number of nitrogens with zero attached hydrogens (tertiary/aromatic N) is 2. The van der Waals surface area contributed by atoms with Gasteiger partial charge in [-0.1, -0.05) is 0 Å². The molecule has 1 fully saturated rings. The highest BCUT2D eigenvalue weighted by molar-refractivity contribution is 5.87. The van der Waals surface area contributed by atoms with E-state index in [1.54, 1.807) is 36.4 Å². The zero-order chi connectivity index (χ0) is 16.0. The molecule has 0 amide bonds. The first-order valence-corrected chi connectivity index (χ1v) is 7.48. The molecule has 1 saturated heterocycles. The molecule has 1 aromatic carbocycles. The third kappa shape index (κ3) is 2.41. The van der Waals surface area contributed by atoms with Gasteiger partial charge in [0.15, 0.2) is 0 Å². The van der Waals surface area contributed by atoms with Crippen LogP contribution in [0.25, 0.3) is 22.2 Å². The number of aliphatic hydroxyl groups excluding tert-OH is 1. The fourth-order valence-corrected chi connectivity index (χ4v) is 2.94. The van der Waals surface area contributed by atoms with Crippen molar-refractivity contribution in [2.75, 3.05) is 24.6 Å². The molecule has 2 aromatic heterocycles. The van der Waals surface area contributed by atoms with Crippen LogP contribution in [0.15, 0.2) is 36.4 Å². The zero-order valence-electron chi connectivity index (χ0n) is 12.3. The van der Waals surface area contributed by atoms with E-state index in [0.717, 1.165) is 10.9 Å². The lowest BCUT2D eigenvalue weighted by molar-refractivity contribution is 0.200. The van der Waals surface area contributed by atoms with E-state index in [9.17, 15) is 9.50 Å². The highest BCUT2D eigenvalue weighted by Gasteiger charge is 2.27. The predicted octanol–water partition coefficient (Wildman–Crippen LogP) is 2.50. The van der Waals surface area contributed by atoms with E-state index in [4.69, 9.17) is 5.11 Å². The van der Waals surface area contributed by atoms with Gasteiger partial charge in [-0.05, 0) is 36.4 Å². The first-order valence-electron chi connectivity index (χ1n) is 7.48. The minimum absolute atomic E-state index is 0.152. The maximum Gasteiger partial charge on any atom is 0.224 e.